The molecule has 1 saturated heterocycles. The van der Waals surface area contributed by atoms with Gasteiger partial charge in [-0.05, 0) is 44.4 Å². The van der Waals surface area contributed by atoms with E-state index in [1.807, 2.05) is 0 Å². The smallest absolute Gasteiger partial charge is 0.408 e. The maximum atomic E-state index is 11.9. The summed E-state index contributed by atoms with van der Waals surface area (Å²) in [4.78, 5) is 24.4. The Morgan fingerprint density at radius 2 is 2.00 bits per heavy atom. The molecule has 1 spiro atoms. The number of carbonyl (C=O) groups is 2. The molecule has 0 radical (unpaired) electrons. The van der Waals surface area contributed by atoms with Crippen LogP contribution in [0.3, 0.4) is 0 Å². The highest BCUT2D eigenvalue weighted by Crippen LogP contribution is 2.46. The number of carbonyl (C=O) groups excluding carboxylic acids is 1. The lowest BCUT2D eigenvalue weighted by Gasteiger charge is -2.34. The number of hydrogen-bond donors (Lipinski definition) is 2. The van der Waals surface area contributed by atoms with E-state index in [0.717, 1.165) is 12.8 Å². The Balaban J connectivity index is 2.11. The van der Waals surface area contributed by atoms with E-state index >= 15 is 0 Å². The molecule has 1 amide bonds. The van der Waals surface area contributed by atoms with Crippen LogP contribution in [0, 0.1) is 5.41 Å². The fourth-order valence-electron chi connectivity index (χ4n) is 3.28. The number of aliphatic hydroxyl groups excluding tert-OH is 1. The molecule has 2 N–H and O–H groups in total. The van der Waals surface area contributed by atoms with E-state index in [1.165, 1.54) is 4.90 Å². The maximum absolute atomic E-state index is 11.9. The van der Waals surface area contributed by atoms with Gasteiger partial charge in [-0.3, -0.25) is 4.90 Å². The zero-order valence-electron chi connectivity index (χ0n) is 11.2. The second-order valence-corrected chi connectivity index (χ2v) is 5.61. The number of esters is 1. The Morgan fingerprint density at radius 1 is 1.37 bits per heavy atom. The first-order valence-corrected chi connectivity index (χ1v) is 6.82. The second-order valence-electron chi connectivity index (χ2n) is 5.61. The van der Waals surface area contributed by atoms with E-state index in [0.29, 0.717) is 25.8 Å². The highest BCUT2D eigenvalue weighted by molar-refractivity contribution is 5.81. The quantitative estimate of drug-likeness (QED) is 0.737. The van der Waals surface area contributed by atoms with Gasteiger partial charge in [0, 0.05) is 6.54 Å². The van der Waals surface area contributed by atoms with E-state index in [-0.39, 0.29) is 18.1 Å². The van der Waals surface area contributed by atoms with Gasteiger partial charge in [0.25, 0.3) is 0 Å². The average Bonchev–Trinajstić information content (AvgIpc) is 2.74. The van der Waals surface area contributed by atoms with E-state index in [4.69, 9.17) is 4.74 Å². The van der Waals surface area contributed by atoms with Crippen molar-refractivity contribution in [1.29, 1.82) is 0 Å². The molecule has 108 valence electrons. The summed E-state index contributed by atoms with van der Waals surface area (Å²) >= 11 is 0. The summed E-state index contributed by atoms with van der Waals surface area (Å²) in [6.07, 6.45) is 2.07. The van der Waals surface area contributed by atoms with Gasteiger partial charge >= 0.3 is 12.1 Å². The van der Waals surface area contributed by atoms with Crippen LogP contribution < -0.4 is 0 Å². The van der Waals surface area contributed by atoms with Crippen LogP contribution in [0.2, 0.25) is 0 Å². The van der Waals surface area contributed by atoms with Crippen molar-refractivity contribution in [3.05, 3.63) is 0 Å². The van der Waals surface area contributed by atoms with Gasteiger partial charge < -0.3 is 14.9 Å². The SMILES string of the molecule is CCOC(=O)C1CC2(CCC(O)CC2)CN1C(=O)O. The Hall–Kier alpha value is -1.30. The minimum absolute atomic E-state index is 0.158. The summed E-state index contributed by atoms with van der Waals surface area (Å²) in [6.45, 7) is 2.34. The van der Waals surface area contributed by atoms with Crippen molar-refractivity contribution in [3.63, 3.8) is 0 Å². The molecule has 0 aromatic rings. The van der Waals surface area contributed by atoms with Crippen LogP contribution in [0.15, 0.2) is 0 Å². The molecule has 1 aliphatic carbocycles. The normalized spacial score (nSPS) is 34.5. The van der Waals surface area contributed by atoms with Crippen LogP contribution in [0.4, 0.5) is 4.79 Å². The molecule has 19 heavy (non-hydrogen) atoms. The van der Waals surface area contributed by atoms with Crippen molar-refractivity contribution in [2.45, 2.75) is 51.2 Å². The van der Waals surface area contributed by atoms with E-state index in [1.54, 1.807) is 6.92 Å². The molecule has 1 heterocycles. The van der Waals surface area contributed by atoms with Gasteiger partial charge in [0.15, 0.2) is 0 Å². The molecule has 6 nitrogen and oxygen atoms in total. The zero-order valence-corrected chi connectivity index (χ0v) is 11.2. The van der Waals surface area contributed by atoms with E-state index in [9.17, 15) is 19.8 Å². The predicted octanol–water partition coefficient (Wildman–Crippen LogP) is 1.22. The van der Waals surface area contributed by atoms with E-state index < -0.39 is 18.1 Å². The van der Waals surface area contributed by atoms with Gasteiger partial charge in [0.1, 0.15) is 6.04 Å². The lowest BCUT2D eigenvalue weighted by molar-refractivity contribution is -0.147. The van der Waals surface area contributed by atoms with Gasteiger partial charge in [-0.1, -0.05) is 0 Å². The average molecular weight is 271 g/mol. The summed E-state index contributed by atoms with van der Waals surface area (Å²) in [6, 6.07) is -0.687. The molecule has 2 aliphatic rings. The molecular weight excluding hydrogens is 250 g/mol. The second kappa shape index (κ2) is 5.36. The summed E-state index contributed by atoms with van der Waals surface area (Å²) < 4.78 is 4.97. The zero-order chi connectivity index (χ0) is 14.0. The third-order valence-corrected chi connectivity index (χ3v) is 4.33. The van der Waals surface area contributed by atoms with Crippen molar-refractivity contribution in [3.8, 4) is 0 Å². The lowest BCUT2D eigenvalue weighted by Crippen LogP contribution is -2.41. The molecule has 2 rings (SSSR count). The number of hydrogen-bond acceptors (Lipinski definition) is 4. The monoisotopic (exact) mass is 271 g/mol. The van der Waals surface area contributed by atoms with Crippen molar-refractivity contribution in [1.82, 2.24) is 4.90 Å². The largest absolute Gasteiger partial charge is 0.465 e. The Kier molecular flexibility index (Phi) is 3.99. The van der Waals surface area contributed by atoms with Gasteiger partial charge in [-0.25, -0.2) is 9.59 Å². The first kappa shape index (κ1) is 14.1. The summed E-state index contributed by atoms with van der Waals surface area (Å²) in [7, 11) is 0. The van der Waals surface area contributed by atoms with Gasteiger partial charge in [-0.15, -0.1) is 0 Å². The van der Waals surface area contributed by atoms with Crippen LogP contribution in [-0.4, -0.2) is 52.5 Å². The van der Waals surface area contributed by atoms with Gasteiger partial charge in [0.05, 0.1) is 12.7 Å². The van der Waals surface area contributed by atoms with Crippen LogP contribution in [0.1, 0.15) is 39.0 Å². The Bertz CT molecular complexity index is 362. The molecule has 1 unspecified atom stereocenters. The molecule has 0 aromatic heterocycles. The number of rotatable bonds is 2. The number of aliphatic hydroxyl groups is 1. The molecule has 6 heteroatoms. The highest BCUT2D eigenvalue weighted by Gasteiger charge is 2.50. The highest BCUT2D eigenvalue weighted by atomic mass is 16.5. The Labute approximate surface area is 112 Å². The number of ether oxygens (including phenoxy) is 1. The number of amides is 1. The third-order valence-electron chi connectivity index (χ3n) is 4.33. The Morgan fingerprint density at radius 3 is 2.53 bits per heavy atom. The number of nitrogens with zero attached hydrogens (tertiary/aromatic N) is 1. The molecule has 1 saturated carbocycles. The third kappa shape index (κ3) is 2.83. The summed E-state index contributed by atoms with van der Waals surface area (Å²) in [5.41, 5.74) is -0.158. The fourth-order valence-corrected chi connectivity index (χ4v) is 3.28. The van der Waals surface area contributed by atoms with Gasteiger partial charge in [0.2, 0.25) is 0 Å². The van der Waals surface area contributed by atoms with Crippen LogP contribution in [-0.2, 0) is 9.53 Å². The molecule has 1 atom stereocenters. The van der Waals surface area contributed by atoms with Crippen molar-refractivity contribution >= 4 is 12.1 Å². The molecule has 0 aromatic carbocycles. The topological polar surface area (TPSA) is 87.1 Å². The molecule has 1 aliphatic heterocycles. The van der Waals surface area contributed by atoms with Gasteiger partial charge in [-0.2, -0.15) is 0 Å². The first-order chi connectivity index (χ1) is 8.97. The molecule has 2 fully saturated rings. The maximum Gasteiger partial charge on any atom is 0.408 e. The van der Waals surface area contributed by atoms with Crippen LogP contribution >= 0.6 is 0 Å². The standard InChI is InChI=1S/C13H21NO5/c1-2-19-11(16)10-7-13(8-14(10)12(17)18)5-3-9(15)4-6-13/h9-10,15H,2-8H2,1H3,(H,17,18). The minimum Gasteiger partial charge on any atom is -0.465 e. The summed E-state index contributed by atoms with van der Waals surface area (Å²) in [5.74, 6) is -0.451. The van der Waals surface area contributed by atoms with Crippen molar-refractivity contribution in [2.75, 3.05) is 13.2 Å². The first-order valence-electron chi connectivity index (χ1n) is 6.82. The van der Waals surface area contributed by atoms with Crippen LogP contribution in [0.25, 0.3) is 0 Å². The molecular formula is C13H21NO5. The fraction of sp³-hybridized carbons (Fsp3) is 0.846. The van der Waals surface area contributed by atoms with Crippen molar-refractivity contribution < 1.29 is 24.5 Å². The van der Waals surface area contributed by atoms with Crippen molar-refractivity contribution in [2.24, 2.45) is 5.41 Å². The summed E-state index contributed by atoms with van der Waals surface area (Å²) in [5, 5.41) is 18.8. The minimum atomic E-state index is -1.07. The lowest BCUT2D eigenvalue weighted by atomic mass is 9.72. The number of carboxylic acid groups (broad SMARTS) is 1. The van der Waals surface area contributed by atoms with Crippen LogP contribution in [0.5, 0.6) is 0 Å². The number of likely N-dealkylation sites (tertiary alicyclic amines) is 1. The molecule has 0 bridgehead atoms. The predicted molar refractivity (Wildman–Crippen MR) is 66.7 cm³/mol. The van der Waals surface area contributed by atoms with E-state index in [2.05, 4.69) is 0 Å².